The van der Waals surface area contributed by atoms with Crippen LogP contribution in [0.15, 0.2) is 77.5 Å². The number of benzene rings is 2. The minimum Gasteiger partial charge on any atom is -0.453 e. The molecule has 4 unspecified atom stereocenters. The fraction of sp³-hybridized carbons (Fsp3) is 0.259. The molecular formula is C27H28N4O6S3. The Hall–Kier alpha value is -3.33. The van der Waals surface area contributed by atoms with Crippen LogP contribution in [0.4, 0.5) is 10.5 Å². The molecule has 2 aromatic carbocycles. The molecule has 5 rings (SSSR count). The van der Waals surface area contributed by atoms with Gasteiger partial charge in [0, 0.05) is 5.38 Å². The van der Waals surface area contributed by atoms with Gasteiger partial charge in [0.1, 0.15) is 17.3 Å². The monoisotopic (exact) mass is 600 g/mol. The van der Waals surface area contributed by atoms with Crippen molar-refractivity contribution < 1.29 is 27.2 Å². The maximum absolute atomic E-state index is 12.1. The van der Waals surface area contributed by atoms with Crippen molar-refractivity contribution in [3.8, 4) is 9.88 Å². The van der Waals surface area contributed by atoms with Crippen molar-refractivity contribution in [3.05, 3.63) is 94.3 Å². The number of anilines is 1. The second-order valence-corrected chi connectivity index (χ2v) is 12.2. The standard InChI is InChI=1S/C27H28N4O6S3/c1-36-27(32)30-21(15-17-6-3-2-4-7-17)24-25(37-24)28-20(22-16-39-26(29-22)23-8-5-13-38-23)14-18-9-11-19(12-10-18)31-40(33,34)35/h2-13,16,20-21,24-25,28,31H,14-15H2,1H3,(H,30,32)(H,33,34,35). The van der Waals surface area contributed by atoms with Crippen molar-refractivity contribution in [2.24, 2.45) is 0 Å². The van der Waals surface area contributed by atoms with E-state index in [2.05, 4.69) is 15.4 Å². The molecule has 10 nitrogen and oxygen atoms in total. The van der Waals surface area contributed by atoms with Crippen molar-refractivity contribution in [1.29, 1.82) is 0 Å². The van der Waals surface area contributed by atoms with Crippen LogP contribution in [0.25, 0.3) is 9.88 Å². The minimum atomic E-state index is -4.36. The topological polar surface area (TPSA) is 142 Å². The van der Waals surface area contributed by atoms with Crippen molar-refractivity contribution in [3.63, 3.8) is 0 Å². The summed E-state index contributed by atoms with van der Waals surface area (Å²) in [5, 5.41) is 11.4. The average molecular weight is 601 g/mol. The Labute approximate surface area is 240 Å². The third kappa shape index (κ3) is 7.65. The number of alkyl carbamates (subject to hydrolysis) is 1. The van der Waals surface area contributed by atoms with E-state index in [4.69, 9.17) is 19.0 Å². The minimum absolute atomic E-state index is 0.226. The number of carbonyl (C=O) groups is 1. The zero-order valence-electron chi connectivity index (χ0n) is 21.4. The van der Waals surface area contributed by atoms with Crippen LogP contribution >= 0.6 is 22.7 Å². The molecule has 0 spiro atoms. The molecule has 2 aromatic heterocycles. The fourth-order valence-corrected chi connectivity index (χ4v) is 6.51. The van der Waals surface area contributed by atoms with Crippen LogP contribution < -0.4 is 15.4 Å². The van der Waals surface area contributed by atoms with E-state index in [0.29, 0.717) is 12.8 Å². The van der Waals surface area contributed by atoms with Crippen LogP contribution in [0.1, 0.15) is 22.9 Å². The molecule has 0 radical (unpaired) electrons. The Balaban J connectivity index is 1.34. The summed E-state index contributed by atoms with van der Waals surface area (Å²) in [6.07, 6.45) is -0.0161. The SMILES string of the molecule is COC(=O)NC(Cc1ccccc1)C1OC1NC(Cc1ccc(NS(=O)(=O)O)cc1)c1csc(-c2cccs2)n1. The predicted octanol–water partition coefficient (Wildman–Crippen LogP) is 4.65. The molecule has 0 bridgehead atoms. The van der Waals surface area contributed by atoms with E-state index in [-0.39, 0.29) is 30.1 Å². The van der Waals surface area contributed by atoms with Gasteiger partial charge >= 0.3 is 16.4 Å². The Morgan fingerprint density at radius 3 is 2.48 bits per heavy atom. The molecule has 4 aromatic rings. The van der Waals surface area contributed by atoms with Crippen LogP contribution in [0.3, 0.4) is 0 Å². The van der Waals surface area contributed by atoms with Gasteiger partial charge in [-0.25, -0.2) is 9.78 Å². The van der Waals surface area contributed by atoms with E-state index in [0.717, 1.165) is 26.7 Å². The summed E-state index contributed by atoms with van der Waals surface area (Å²) in [6.45, 7) is 0. The lowest BCUT2D eigenvalue weighted by Gasteiger charge is -2.19. The van der Waals surface area contributed by atoms with Gasteiger partial charge in [-0.1, -0.05) is 48.5 Å². The summed E-state index contributed by atoms with van der Waals surface area (Å²) in [4.78, 5) is 18.1. The number of ether oxygens (including phenoxy) is 2. The first-order valence-corrected chi connectivity index (χ1v) is 15.6. The second kappa shape index (κ2) is 12.5. The van der Waals surface area contributed by atoms with Crippen LogP contribution in [-0.2, 0) is 32.6 Å². The highest BCUT2D eigenvalue weighted by molar-refractivity contribution is 7.87. The second-order valence-electron chi connectivity index (χ2n) is 9.21. The number of amides is 1. The lowest BCUT2D eigenvalue weighted by atomic mass is 10.0. The summed E-state index contributed by atoms with van der Waals surface area (Å²) >= 11 is 3.19. The van der Waals surface area contributed by atoms with Gasteiger partial charge in [0.25, 0.3) is 0 Å². The summed E-state index contributed by atoms with van der Waals surface area (Å²) in [5.41, 5.74) is 3.10. The maximum atomic E-state index is 12.1. The number of thiophene rings is 1. The number of hydrogen-bond donors (Lipinski definition) is 4. The maximum Gasteiger partial charge on any atom is 0.407 e. The smallest absolute Gasteiger partial charge is 0.407 e. The molecule has 1 aliphatic rings. The van der Waals surface area contributed by atoms with Gasteiger partial charge in [-0.3, -0.25) is 14.6 Å². The molecule has 0 aliphatic carbocycles. The number of nitrogens with zero attached hydrogens (tertiary/aromatic N) is 1. The fourth-order valence-electron chi connectivity index (χ4n) is 4.39. The van der Waals surface area contributed by atoms with E-state index in [1.54, 1.807) is 46.9 Å². The van der Waals surface area contributed by atoms with Crippen LogP contribution in [0, 0.1) is 0 Å². The third-order valence-electron chi connectivity index (χ3n) is 6.33. The number of thiazole rings is 1. The van der Waals surface area contributed by atoms with Gasteiger partial charge in [0.15, 0.2) is 0 Å². The molecule has 4 atom stereocenters. The van der Waals surface area contributed by atoms with Gasteiger partial charge in [0.05, 0.1) is 35.5 Å². The normalized spacial score (nSPS) is 18.1. The number of nitrogens with one attached hydrogen (secondary N) is 3. The number of methoxy groups -OCH3 is 1. The molecule has 1 amide bonds. The number of hydrogen-bond acceptors (Lipinski definition) is 9. The third-order valence-corrected chi connectivity index (χ3v) is 8.72. The molecule has 1 saturated heterocycles. The van der Waals surface area contributed by atoms with E-state index < -0.39 is 16.4 Å². The predicted molar refractivity (Wildman–Crippen MR) is 155 cm³/mol. The quantitative estimate of drug-likeness (QED) is 0.136. The summed E-state index contributed by atoms with van der Waals surface area (Å²) < 4.78 is 44.3. The van der Waals surface area contributed by atoms with Crippen LogP contribution in [-0.4, -0.2) is 49.5 Å². The average Bonchev–Trinajstić information content (AvgIpc) is 3.29. The number of carbonyl (C=O) groups excluding carboxylic acids is 1. The van der Waals surface area contributed by atoms with Gasteiger partial charge in [0.2, 0.25) is 0 Å². The van der Waals surface area contributed by atoms with E-state index in [9.17, 15) is 13.2 Å². The number of rotatable bonds is 12. The van der Waals surface area contributed by atoms with Crippen molar-refractivity contribution in [2.45, 2.75) is 37.3 Å². The molecule has 3 heterocycles. The summed E-state index contributed by atoms with van der Waals surface area (Å²) in [7, 11) is -3.02. The van der Waals surface area contributed by atoms with Gasteiger partial charge in [-0.05, 0) is 47.5 Å². The van der Waals surface area contributed by atoms with Gasteiger partial charge in [-0.15, -0.1) is 22.7 Å². The highest BCUT2D eigenvalue weighted by Gasteiger charge is 2.47. The molecule has 1 fully saturated rings. The Morgan fingerprint density at radius 1 is 1.05 bits per heavy atom. The first-order chi connectivity index (χ1) is 19.3. The highest BCUT2D eigenvalue weighted by atomic mass is 32.2. The van der Waals surface area contributed by atoms with Gasteiger partial charge in [-0.2, -0.15) is 8.42 Å². The Kier molecular flexibility index (Phi) is 8.78. The lowest BCUT2D eigenvalue weighted by molar-refractivity contribution is 0.163. The first-order valence-electron chi connectivity index (χ1n) is 12.4. The molecule has 4 N–H and O–H groups in total. The molecule has 13 heteroatoms. The first kappa shape index (κ1) is 28.2. The van der Waals surface area contributed by atoms with Crippen LogP contribution in [0.5, 0.6) is 0 Å². The van der Waals surface area contributed by atoms with Gasteiger partial charge < -0.3 is 14.8 Å². The lowest BCUT2D eigenvalue weighted by Crippen LogP contribution is -2.43. The van der Waals surface area contributed by atoms with Crippen molar-refractivity contribution >= 4 is 44.8 Å². The number of aromatic nitrogens is 1. The van der Waals surface area contributed by atoms with Crippen LogP contribution in [0.2, 0.25) is 0 Å². The largest absolute Gasteiger partial charge is 0.453 e. The molecule has 40 heavy (non-hydrogen) atoms. The molecule has 210 valence electrons. The van der Waals surface area contributed by atoms with Crippen molar-refractivity contribution in [1.82, 2.24) is 15.6 Å². The number of epoxide rings is 1. The Bertz CT molecular complexity index is 1510. The highest BCUT2D eigenvalue weighted by Crippen LogP contribution is 2.33. The molecular weight excluding hydrogens is 573 g/mol. The van der Waals surface area contributed by atoms with E-state index >= 15 is 0 Å². The molecule has 1 aliphatic heterocycles. The summed E-state index contributed by atoms with van der Waals surface area (Å²) in [6, 6.07) is 20.1. The summed E-state index contributed by atoms with van der Waals surface area (Å²) in [5.74, 6) is 0. The van der Waals surface area contributed by atoms with Crippen molar-refractivity contribution in [2.75, 3.05) is 11.8 Å². The van der Waals surface area contributed by atoms with E-state index in [1.807, 2.05) is 53.2 Å². The molecule has 0 saturated carbocycles. The van der Waals surface area contributed by atoms with E-state index in [1.165, 1.54) is 7.11 Å². The zero-order valence-corrected chi connectivity index (χ0v) is 23.8. The Morgan fingerprint density at radius 2 is 1.80 bits per heavy atom. The zero-order chi connectivity index (χ0) is 28.1.